The van der Waals surface area contributed by atoms with Gasteiger partial charge in [0.25, 0.3) is 5.91 Å². The Labute approximate surface area is 142 Å². The molecule has 126 valence electrons. The van der Waals surface area contributed by atoms with Crippen LogP contribution < -0.4 is 15.4 Å². The van der Waals surface area contributed by atoms with E-state index in [1.54, 1.807) is 25.4 Å². The molecule has 0 spiro atoms. The molecule has 2 N–H and O–H groups in total. The zero-order valence-corrected chi connectivity index (χ0v) is 13.9. The van der Waals surface area contributed by atoms with Gasteiger partial charge < -0.3 is 15.4 Å². The van der Waals surface area contributed by atoms with E-state index in [4.69, 9.17) is 4.74 Å². The molecule has 2 aromatic rings. The van der Waals surface area contributed by atoms with Gasteiger partial charge in [0.05, 0.1) is 18.4 Å². The Morgan fingerprint density at radius 2 is 1.92 bits per heavy atom. The van der Waals surface area contributed by atoms with Gasteiger partial charge >= 0.3 is 0 Å². The van der Waals surface area contributed by atoms with E-state index in [9.17, 15) is 4.79 Å². The number of amides is 1. The number of hydrogen-bond acceptors (Lipinski definition) is 4. The van der Waals surface area contributed by atoms with E-state index in [-0.39, 0.29) is 11.9 Å². The van der Waals surface area contributed by atoms with Gasteiger partial charge in [-0.3, -0.25) is 4.79 Å². The number of nitrogens with one attached hydrogen (secondary N) is 2. The van der Waals surface area contributed by atoms with Gasteiger partial charge in [-0.2, -0.15) is 0 Å². The van der Waals surface area contributed by atoms with Gasteiger partial charge in [0.1, 0.15) is 11.6 Å². The van der Waals surface area contributed by atoms with Crippen molar-refractivity contribution in [1.82, 2.24) is 10.3 Å². The second-order valence-corrected chi connectivity index (χ2v) is 6.03. The molecule has 0 bridgehead atoms. The maximum Gasteiger partial charge on any atom is 0.255 e. The van der Waals surface area contributed by atoms with E-state index in [1.807, 2.05) is 24.3 Å². The fourth-order valence-electron chi connectivity index (χ4n) is 3.07. The Morgan fingerprint density at radius 3 is 2.71 bits per heavy atom. The van der Waals surface area contributed by atoms with Gasteiger partial charge in [0, 0.05) is 12.2 Å². The molecule has 0 aliphatic heterocycles. The number of methoxy groups -OCH3 is 1. The number of benzene rings is 1. The molecule has 1 aromatic heterocycles. The third-order valence-electron chi connectivity index (χ3n) is 4.35. The summed E-state index contributed by atoms with van der Waals surface area (Å²) in [5.41, 5.74) is 1.33. The Balaban J connectivity index is 1.78. The average Bonchev–Trinajstić information content (AvgIpc) is 2.63. The molecule has 1 fully saturated rings. The molecule has 1 aromatic carbocycles. The Bertz CT molecular complexity index is 697. The van der Waals surface area contributed by atoms with Gasteiger partial charge in [0.15, 0.2) is 0 Å². The highest BCUT2D eigenvalue weighted by Crippen LogP contribution is 2.27. The number of rotatable bonds is 5. The van der Waals surface area contributed by atoms with Crippen molar-refractivity contribution >= 4 is 17.4 Å². The highest BCUT2D eigenvalue weighted by atomic mass is 16.5. The summed E-state index contributed by atoms with van der Waals surface area (Å²) >= 11 is 0. The van der Waals surface area contributed by atoms with Crippen LogP contribution in [0, 0.1) is 0 Å². The SMILES string of the molecule is COc1ccccc1Nc1ncccc1C(=O)NC1CCCCC1. The lowest BCUT2D eigenvalue weighted by atomic mass is 9.95. The number of para-hydroxylation sites is 2. The lowest BCUT2D eigenvalue weighted by molar-refractivity contribution is 0.0928. The van der Waals surface area contributed by atoms with E-state index in [0.29, 0.717) is 17.1 Å². The zero-order chi connectivity index (χ0) is 16.8. The lowest BCUT2D eigenvalue weighted by Gasteiger charge is -2.23. The molecule has 24 heavy (non-hydrogen) atoms. The first-order valence-electron chi connectivity index (χ1n) is 8.44. The van der Waals surface area contributed by atoms with Gasteiger partial charge in [-0.1, -0.05) is 31.4 Å². The van der Waals surface area contributed by atoms with Crippen molar-refractivity contribution in [3.63, 3.8) is 0 Å². The van der Waals surface area contributed by atoms with Crippen LogP contribution in [-0.4, -0.2) is 24.0 Å². The number of carbonyl (C=O) groups is 1. The van der Waals surface area contributed by atoms with Crippen LogP contribution in [0.25, 0.3) is 0 Å². The largest absolute Gasteiger partial charge is 0.495 e. The molecule has 0 saturated heterocycles. The van der Waals surface area contributed by atoms with Crippen LogP contribution >= 0.6 is 0 Å². The summed E-state index contributed by atoms with van der Waals surface area (Å²) in [7, 11) is 1.62. The van der Waals surface area contributed by atoms with Crippen LogP contribution in [0.1, 0.15) is 42.5 Å². The minimum atomic E-state index is -0.0765. The van der Waals surface area contributed by atoms with E-state index < -0.39 is 0 Å². The molecule has 5 nitrogen and oxygen atoms in total. The molecule has 1 aliphatic carbocycles. The second-order valence-electron chi connectivity index (χ2n) is 6.03. The number of aromatic nitrogens is 1. The standard InChI is InChI=1S/C19H23N3O2/c1-24-17-12-6-5-11-16(17)22-18-15(10-7-13-20-18)19(23)21-14-8-3-2-4-9-14/h5-7,10-14H,2-4,8-9H2,1H3,(H,20,22)(H,21,23). The van der Waals surface area contributed by atoms with Crippen LogP contribution in [0.15, 0.2) is 42.6 Å². The van der Waals surface area contributed by atoms with Crippen molar-refractivity contribution in [3.8, 4) is 5.75 Å². The Morgan fingerprint density at radius 1 is 1.12 bits per heavy atom. The van der Waals surface area contributed by atoms with Crippen LogP contribution in [0.3, 0.4) is 0 Å². The lowest BCUT2D eigenvalue weighted by Crippen LogP contribution is -2.36. The van der Waals surface area contributed by atoms with Crippen LogP contribution in [0.5, 0.6) is 5.75 Å². The summed E-state index contributed by atoms with van der Waals surface area (Å²) in [5, 5.41) is 6.35. The summed E-state index contributed by atoms with van der Waals surface area (Å²) in [6.45, 7) is 0. The highest BCUT2D eigenvalue weighted by molar-refractivity contribution is 5.99. The predicted octanol–water partition coefficient (Wildman–Crippen LogP) is 3.90. The highest BCUT2D eigenvalue weighted by Gasteiger charge is 2.19. The number of ether oxygens (including phenoxy) is 1. The quantitative estimate of drug-likeness (QED) is 0.875. The van der Waals surface area contributed by atoms with Gasteiger partial charge in [0.2, 0.25) is 0 Å². The molecule has 1 amide bonds. The molecule has 0 unspecified atom stereocenters. The van der Waals surface area contributed by atoms with E-state index in [2.05, 4.69) is 15.6 Å². The molecule has 5 heteroatoms. The van der Waals surface area contributed by atoms with Crippen LogP contribution in [0.2, 0.25) is 0 Å². The predicted molar refractivity (Wildman–Crippen MR) is 94.9 cm³/mol. The smallest absolute Gasteiger partial charge is 0.255 e. The normalized spacial score (nSPS) is 14.9. The average molecular weight is 325 g/mol. The second kappa shape index (κ2) is 7.81. The fourth-order valence-corrected chi connectivity index (χ4v) is 3.07. The molecule has 1 saturated carbocycles. The van der Waals surface area contributed by atoms with Crippen molar-refractivity contribution in [2.45, 2.75) is 38.1 Å². The number of nitrogens with zero attached hydrogens (tertiary/aromatic N) is 1. The molecule has 1 aliphatic rings. The van der Waals surface area contributed by atoms with Gasteiger partial charge in [-0.25, -0.2) is 4.98 Å². The van der Waals surface area contributed by atoms with E-state index >= 15 is 0 Å². The first-order valence-corrected chi connectivity index (χ1v) is 8.44. The zero-order valence-electron chi connectivity index (χ0n) is 13.9. The molecule has 1 heterocycles. The summed E-state index contributed by atoms with van der Waals surface area (Å²) < 4.78 is 5.35. The Hall–Kier alpha value is -2.56. The maximum atomic E-state index is 12.7. The molecule has 3 rings (SSSR count). The first kappa shape index (κ1) is 16.3. The maximum absolute atomic E-state index is 12.7. The third kappa shape index (κ3) is 3.85. The van der Waals surface area contributed by atoms with Crippen molar-refractivity contribution < 1.29 is 9.53 Å². The number of hydrogen-bond donors (Lipinski definition) is 2. The van der Waals surface area contributed by atoms with Crippen LogP contribution in [0.4, 0.5) is 11.5 Å². The minimum Gasteiger partial charge on any atom is -0.495 e. The topological polar surface area (TPSA) is 63.2 Å². The number of pyridine rings is 1. The number of anilines is 2. The third-order valence-corrected chi connectivity index (χ3v) is 4.35. The fraction of sp³-hybridized carbons (Fsp3) is 0.368. The van der Waals surface area contributed by atoms with Gasteiger partial charge in [-0.15, -0.1) is 0 Å². The Kier molecular flexibility index (Phi) is 5.31. The minimum absolute atomic E-state index is 0.0765. The number of carbonyl (C=O) groups excluding carboxylic acids is 1. The first-order chi connectivity index (χ1) is 11.8. The van der Waals surface area contributed by atoms with E-state index in [0.717, 1.165) is 18.5 Å². The van der Waals surface area contributed by atoms with Gasteiger partial charge in [-0.05, 0) is 37.1 Å². The van der Waals surface area contributed by atoms with Crippen molar-refractivity contribution in [3.05, 3.63) is 48.2 Å². The summed E-state index contributed by atoms with van der Waals surface area (Å²) in [5.74, 6) is 1.17. The van der Waals surface area contributed by atoms with Crippen molar-refractivity contribution in [2.75, 3.05) is 12.4 Å². The van der Waals surface area contributed by atoms with E-state index in [1.165, 1.54) is 19.3 Å². The summed E-state index contributed by atoms with van der Waals surface area (Å²) in [6, 6.07) is 11.4. The van der Waals surface area contributed by atoms with Crippen molar-refractivity contribution in [1.29, 1.82) is 0 Å². The molecule has 0 radical (unpaired) electrons. The molecular formula is C19H23N3O2. The van der Waals surface area contributed by atoms with Crippen LogP contribution in [-0.2, 0) is 0 Å². The van der Waals surface area contributed by atoms with Crippen molar-refractivity contribution in [2.24, 2.45) is 0 Å². The molecule has 0 atom stereocenters. The summed E-state index contributed by atoms with van der Waals surface area (Å²) in [4.78, 5) is 17.0. The summed E-state index contributed by atoms with van der Waals surface area (Å²) in [6.07, 6.45) is 7.42. The molecular weight excluding hydrogens is 302 g/mol. The monoisotopic (exact) mass is 325 g/mol.